The lowest BCUT2D eigenvalue weighted by Crippen LogP contribution is -2.13. The summed E-state index contributed by atoms with van der Waals surface area (Å²) in [6.45, 7) is 8.51. The summed E-state index contributed by atoms with van der Waals surface area (Å²) >= 11 is 0. The predicted octanol–water partition coefficient (Wildman–Crippen LogP) is 1.39. The lowest BCUT2D eigenvalue weighted by molar-refractivity contribution is 0.247. The Balaban J connectivity index is 2.95. The molecule has 44 valence electrons. The van der Waals surface area contributed by atoms with Crippen molar-refractivity contribution in [3.63, 3.8) is 0 Å². The number of hydrogen-bond acceptors (Lipinski definition) is 1. The predicted molar refractivity (Wildman–Crippen MR) is 35.1 cm³/mol. The first-order chi connectivity index (χ1) is 3.13. The smallest absolute Gasteiger partial charge is 0.171 e. The third kappa shape index (κ3) is 6.18. The van der Waals surface area contributed by atoms with Crippen molar-refractivity contribution < 1.29 is 4.43 Å². The van der Waals surface area contributed by atoms with Gasteiger partial charge in [-0.2, -0.15) is 0 Å². The first-order valence-electron chi connectivity index (χ1n) is 2.78. The second-order valence-corrected chi connectivity index (χ2v) is 4.60. The topological polar surface area (TPSA) is 9.23 Å². The molecule has 0 amide bonds. The van der Waals surface area contributed by atoms with E-state index in [4.69, 9.17) is 4.43 Å². The van der Waals surface area contributed by atoms with Crippen molar-refractivity contribution in [3.8, 4) is 0 Å². The number of rotatable bonds is 2. The fraction of sp³-hybridized carbons (Fsp3) is 1.00. The van der Waals surface area contributed by atoms with E-state index in [2.05, 4.69) is 26.9 Å². The minimum Gasteiger partial charge on any atom is -0.418 e. The van der Waals surface area contributed by atoms with Gasteiger partial charge in [-0.3, -0.25) is 0 Å². The molecule has 0 unspecified atom stereocenters. The molecule has 7 heavy (non-hydrogen) atoms. The van der Waals surface area contributed by atoms with Crippen LogP contribution in [0.5, 0.6) is 0 Å². The van der Waals surface area contributed by atoms with Gasteiger partial charge in [0.2, 0.25) is 0 Å². The van der Waals surface area contributed by atoms with Crippen LogP contribution in [-0.2, 0) is 4.43 Å². The third-order valence-corrected chi connectivity index (χ3v) is 1.63. The molecule has 0 aliphatic heterocycles. The Morgan fingerprint density at radius 3 is 1.71 bits per heavy atom. The molecule has 2 heteroatoms. The van der Waals surface area contributed by atoms with E-state index in [1.165, 1.54) is 0 Å². The van der Waals surface area contributed by atoms with Gasteiger partial charge in [0.05, 0.1) is 0 Å². The van der Waals surface area contributed by atoms with Crippen LogP contribution in [0.4, 0.5) is 0 Å². The van der Waals surface area contributed by atoms with E-state index in [1.54, 1.807) is 0 Å². The zero-order chi connectivity index (χ0) is 5.86. The standard InChI is InChI=1S/C5H14OSi/c1-5(2)6-7(3)4/h5,7H,1-4H3. The molecule has 1 nitrogen and oxygen atoms in total. The molecule has 0 saturated heterocycles. The molecule has 0 aliphatic rings. The lowest BCUT2D eigenvalue weighted by Gasteiger charge is -2.08. The van der Waals surface area contributed by atoms with Crippen LogP contribution in [0.1, 0.15) is 13.8 Å². The Morgan fingerprint density at radius 2 is 1.71 bits per heavy atom. The van der Waals surface area contributed by atoms with Gasteiger partial charge in [-0.1, -0.05) is 0 Å². The largest absolute Gasteiger partial charge is 0.418 e. The summed E-state index contributed by atoms with van der Waals surface area (Å²) in [6, 6.07) is 0. The summed E-state index contributed by atoms with van der Waals surface area (Å²) in [5.74, 6) is 0. The molecule has 0 rings (SSSR count). The molecule has 0 aromatic rings. The maximum absolute atomic E-state index is 5.39. The van der Waals surface area contributed by atoms with Crippen LogP contribution >= 0.6 is 0 Å². The molecular formula is C5H14OSi. The van der Waals surface area contributed by atoms with E-state index >= 15 is 0 Å². The molecule has 0 aromatic carbocycles. The molecule has 0 radical (unpaired) electrons. The molecule has 0 aliphatic carbocycles. The van der Waals surface area contributed by atoms with Crippen molar-refractivity contribution >= 4 is 9.04 Å². The van der Waals surface area contributed by atoms with Crippen molar-refractivity contribution in [1.82, 2.24) is 0 Å². The highest BCUT2D eigenvalue weighted by molar-refractivity contribution is 6.48. The minimum atomic E-state index is -0.728. The van der Waals surface area contributed by atoms with Gasteiger partial charge in [-0.05, 0) is 26.9 Å². The first kappa shape index (κ1) is 7.18. The van der Waals surface area contributed by atoms with Crippen molar-refractivity contribution in [1.29, 1.82) is 0 Å². The second-order valence-electron chi connectivity index (χ2n) is 2.23. The summed E-state index contributed by atoms with van der Waals surface area (Å²) in [5, 5.41) is 0. The van der Waals surface area contributed by atoms with E-state index in [0.29, 0.717) is 6.10 Å². The van der Waals surface area contributed by atoms with Crippen molar-refractivity contribution in [2.45, 2.75) is 33.0 Å². The van der Waals surface area contributed by atoms with Gasteiger partial charge >= 0.3 is 0 Å². The zero-order valence-electron chi connectivity index (χ0n) is 5.56. The van der Waals surface area contributed by atoms with Gasteiger partial charge < -0.3 is 4.43 Å². The molecule has 0 fully saturated rings. The molecule has 0 heterocycles. The van der Waals surface area contributed by atoms with Crippen LogP contribution in [0.3, 0.4) is 0 Å². The van der Waals surface area contributed by atoms with Gasteiger partial charge in [-0.25, -0.2) is 0 Å². The summed E-state index contributed by atoms with van der Waals surface area (Å²) in [5.41, 5.74) is 0. The SMILES string of the molecule is CC(C)O[SiH](C)C. The van der Waals surface area contributed by atoms with Crippen molar-refractivity contribution in [3.05, 3.63) is 0 Å². The molecular weight excluding hydrogens is 104 g/mol. The fourth-order valence-electron chi connectivity index (χ4n) is 0.544. The Bertz CT molecular complexity index is 37.3. The lowest BCUT2D eigenvalue weighted by atomic mass is 10.5. The summed E-state index contributed by atoms with van der Waals surface area (Å²) in [7, 11) is -0.728. The molecule has 0 spiro atoms. The van der Waals surface area contributed by atoms with Crippen molar-refractivity contribution in [2.75, 3.05) is 0 Å². The van der Waals surface area contributed by atoms with Crippen LogP contribution < -0.4 is 0 Å². The van der Waals surface area contributed by atoms with E-state index in [-0.39, 0.29) is 0 Å². The molecule has 0 atom stereocenters. The third-order valence-electron chi connectivity index (χ3n) is 0.544. The molecule has 0 aromatic heterocycles. The normalized spacial score (nSPS) is 11.1. The average Bonchev–Trinajstić information content (AvgIpc) is 1.27. The van der Waals surface area contributed by atoms with Gasteiger partial charge in [0, 0.05) is 6.10 Å². The molecule has 0 N–H and O–H groups in total. The maximum atomic E-state index is 5.39. The Morgan fingerprint density at radius 1 is 1.29 bits per heavy atom. The summed E-state index contributed by atoms with van der Waals surface area (Å²) in [4.78, 5) is 0. The maximum Gasteiger partial charge on any atom is 0.171 e. The van der Waals surface area contributed by atoms with Crippen LogP contribution in [0.2, 0.25) is 13.1 Å². The summed E-state index contributed by atoms with van der Waals surface area (Å²) in [6.07, 6.45) is 0.437. The van der Waals surface area contributed by atoms with E-state index in [0.717, 1.165) is 0 Å². The fourth-order valence-corrected chi connectivity index (χ4v) is 1.63. The zero-order valence-corrected chi connectivity index (χ0v) is 6.72. The summed E-state index contributed by atoms with van der Waals surface area (Å²) < 4.78 is 5.39. The van der Waals surface area contributed by atoms with E-state index < -0.39 is 9.04 Å². The minimum absolute atomic E-state index is 0.437. The Kier molecular flexibility index (Phi) is 3.30. The van der Waals surface area contributed by atoms with Crippen LogP contribution in [0, 0.1) is 0 Å². The van der Waals surface area contributed by atoms with Gasteiger partial charge in [-0.15, -0.1) is 0 Å². The Hall–Kier alpha value is 0.177. The highest BCUT2D eigenvalue weighted by Gasteiger charge is 1.96. The molecule has 0 saturated carbocycles. The van der Waals surface area contributed by atoms with Crippen molar-refractivity contribution in [2.24, 2.45) is 0 Å². The number of hydrogen-bond donors (Lipinski definition) is 0. The van der Waals surface area contributed by atoms with E-state index in [9.17, 15) is 0 Å². The monoisotopic (exact) mass is 118 g/mol. The van der Waals surface area contributed by atoms with Gasteiger partial charge in [0.1, 0.15) is 0 Å². The van der Waals surface area contributed by atoms with Gasteiger partial charge in [0.15, 0.2) is 9.04 Å². The van der Waals surface area contributed by atoms with Crippen LogP contribution in [-0.4, -0.2) is 15.1 Å². The quantitative estimate of drug-likeness (QED) is 0.498. The van der Waals surface area contributed by atoms with E-state index in [1.807, 2.05) is 0 Å². The molecule has 0 bridgehead atoms. The van der Waals surface area contributed by atoms with Gasteiger partial charge in [0.25, 0.3) is 0 Å². The van der Waals surface area contributed by atoms with Crippen LogP contribution in [0.25, 0.3) is 0 Å². The average molecular weight is 118 g/mol. The first-order valence-corrected chi connectivity index (χ1v) is 5.56. The van der Waals surface area contributed by atoms with Crippen LogP contribution in [0.15, 0.2) is 0 Å². The highest BCUT2D eigenvalue weighted by Crippen LogP contribution is 1.90. The highest BCUT2D eigenvalue weighted by atomic mass is 28.3. The second kappa shape index (κ2) is 3.21. The Labute approximate surface area is 47.4 Å².